The van der Waals surface area contributed by atoms with Gasteiger partial charge in [0, 0.05) is 5.02 Å². The third kappa shape index (κ3) is 3.28. The first kappa shape index (κ1) is 15.8. The number of nitrogens with two attached hydrogens (primary N) is 3. The van der Waals surface area contributed by atoms with E-state index in [1.54, 1.807) is 18.2 Å². The molecule has 0 bridgehead atoms. The molecule has 0 aliphatic heterocycles. The number of hydrogen-bond acceptors (Lipinski definition) is 3. The van der Waals surface area contributed by atoms with Gasteiger partial charge in [-0.3, -0.25) is 0 Å². The molecule has 1 aromatic heterocycles. The van der Waals surface area contributed by atoms with Crippen LogP contribution in [-0.2, 0) is 0 Å². The molecule has 0 radical (unpaired) electrons. The summed E-state index contributed by atoms with van der Waals surface area (Å²) in [5.41, 5.74) is 20.0. The van der Waals surface area contributed by atoms with Gasteiger partial charge in [-0.2, -0.15) is 9.79 Å². The van der Waals surface area contributed by atoms with Gasteiger partial charge < -0.3 is 17.2 Å². The molecule has 0 unspecified atom stereocenters. The number of aliphatic imine (C=N–C) groups is 2. The molecule has 0 saturated carbocycles. The maximum absolute atomic E-state index is 5.90. The molecule has 8 nitrogen and oxygen atoms in total. The molecule has 0 spiro atoms. The van der Waals surface area contributed by atoms with Crippen LogP contribution in [0, 0.1) is 6.92 Å². The van der Waals surface area contributed by atoms with E-state index in [4.69, 9.17) is 28.8 Å². The van der Waals surface area contributed by atoms with Crippen LogP contribution in [-0.4, -0.2) is 26.9 Å². The molecule has 122 valence electrons. The van der Waals surface area contributed by atoms with Crippen LogP contribution in [0.1, 0.15) is 5.56 Å². The Morgan fingerprint density at radius 2 is 1.67 bits per heavy atom. The van der Waals surface area contributed by atoms with Crippen molar-refractivity contribution in [3.8, 4) is 5.69 Å². The Kier molecular flexibility index (Phi) is 4.05. The largest absolute Gasteiger partial charge is 0.370 e. The number of rotatable bonds is 2. The predicted molar refractivity (Wildman–Crippen MR) is 95.7 cm³/mol. The second kappa shape index (κ2) is 6.17. The van der Waals surface area contributed by atoms with E-state index in [0.717, 1.165) is 16.8 Å². The molecular formula is C15H15ClN8. The van der Waals surface area contributed by atoms with Gasteiger partial charge in [-0.1, -0.05) is 11.6 Å². The van der Waals surface area contributed by atoms with E-state index in [2.05, 4.69) is 20.2 Å². The van der Waals surface area contributed by atoms with Crippen molar-refractivity contribution in [1.82, 2.24) is 15.0 Å². The summed E-state index contributed by atoms with van der Waals surface area (Å²) in [5, 5.41) is 9.56. The minimum atomic E-state index is -0.149. The fraction of sp³-hybridized carbons (Fsp3) is 0.0667. The molecule has 0 saturated heterocycles. The van der Waals surface area contributed by atoms with Gasteiger partial charge in [0.25, 0.3) is 0 Å². The number of halogens is 1. The molecule has 24 heavy (non-hydrogen) atoms. The quantitative estimate of drug-likeness (QED) is 0.480. The van der Waals surface area contributed by atoms with Gasteiger partial charge in [-0.25, -0.2) is 4.99 Å². The predicted octanol–water partition coefficient (Wildman–Crippen LogP) is 1.60. The molecule has 9 heteroatoms. The lowest BCUT2D eigenvalue weighted by molar-refractivity contribution is 0.766. The first-order chi connectivity index (χ1) is 11.4. The maximum Gasteiger partial charge on any atom is 0.223 e. The zero-order valence-corrected chi connectivity index (χ0v) is 13.6. The molecule has 2 aromatic carbocycles. The average Bonchev–Trinajstić information content (AvgIpc) is 2.90. The van der Waals surface area contributed by atoms with Gasteiger partial charge in [-0.05, 0) is 48.9 Å². The average molecular weight is 343 g/mol. The summed E-state index contributed by atoms with van der Waals surface area (Å²) in [5.74, 6) is -0.175. The van der Waals surface area contributed by atoms with Crippen molar-refractivity contribution in [2.45, 2.75) is 6.92 Å². The Morgan fingerprint density at radius 1 is 1.04 bits per heavy atom. The summed E-state index contributed by atoms with van der Waals surface area (Å²) in [6, 6.07) is 10.9. The normalized spacial score (nSPS) is 11.7. The molecule has 0 aliphatic rings. The lowest BCUT2D eigenvalue weighted by atomic mass is 10.2. The third-order valence-corrected chi connectivity index (χ3v) is 3.49. The fourth-order valence-electron chi connectivity index (χ4n) is 2.15. The van der Waals surface area contributed by atoms with Crippen molar-refractivity contribution in [3.05, 3.63) is 47.0 Å². The summed E-state index contributed by atoms with van der Waals surface area (Å²) in [6.07, 6.45) is 0. The molecule has 0 amide bonds. The van der Waals surface area contributed by atoms with E-state index in [-0.39, 0.29) is 11.9 Å². The minimum Gasteiger partial charge on any atom is -0.370 e. The molecule has 0 atom stereocenters. The van der Waals surface area contributed by atoms with E-state index in [1.165, 1.54) is 4.80 Å². The number of aromatic nitrogens is 3. The van der Waals surface area contributed by atoms with Crippen LogP contribution in [0.25, 0.3) is 16.7 Å². The van der Waals surface area contributed by atoms with E-state index in [9.17, 15) is 0 Å². The van der Waals surface area contributed by atoms with Crippen LogP contribution in [0.5, 0.6) is 0 Å². The van der Waals surface area contributed by atoms with Gasteiger partial charge >= 0.3 is 0 Å². The van der Waals surface area contributed by atoms with Crippen LogP contribution in [0.2, 0.25) is 5.02 Å². The topological polar surface area (TPSA) is 133 Å². The molecule has 0 aliphatic carbocycles. The highest BCUT2D eigenvalue weighted by atomic mass is 35.5. The molecular weight excluding hydrogens is 328 g/mol. The van der Waals surface area contributed by atoms with Crippen molar-refractivity contribution in [2.24, 2.45) is 27.2 Å². The summed E-state index contributed by atoms with van der Waals surface area (Å²) in [7, 11) is 0. The number of nitrogens with zero attached hydrogens (tertiary/aromatic N) is 5. The summed E-state index contributed by atoms with van der Waals surface area (Å²) >= 11 is 5.90. The zero-order chi connectivity index (χ0) is 17.3. The van der Waals surface area contributed by atoms with Crippen LogP contribution in [0.3, 0.4) is 0 Å². The van der Waals surface area contributed by atoms with E-state index < -0.39 is 0 Å². The van der Waals surface area contributed by atoms with Gasteiger partial charge in [0.05, 0.1) is 11.4 Å². The lowest BCUT2D eigenvalue weighted by Gasteiger charge is -2.00. The first-order valence-electron chi connectivity index (χ1n) is 7.00. The Balaban J connectivity index is 2.05. The minimum absolute atomic E-state index is 0.0254. The van der Waals surface area contributed by atoms with Gasteiger partial charge in [0.15, 0.2) is 5.96 Å². The van der Waals surface area contributed by atoms with Crippen LogP contribution < -0.4 is 17.2 Å². The number of hydrogen-bond donors (Lipinski definition) is 3. The highest BCUT2D eigenvalue weighted by Crippen LogP contribution is 2.24. The van der Waals surface area contributed by atoms with Crippen molar-refractivity contribution in [2.75, 3.05) is 0 Å². The second-order valence-electron chi connectivity index (χ2n) is 5.10. The van der Waals surface area contributed by atoms with Crippen LogP contribution >= 0.6 is 11.6 Å². The monoisotopic (exact) mass is 342 g/mol. The molecule has 0 fully saturated rings. The number of benzene rings is 2. The van der Waals surface area contributed by atoms with Crippen LogP contribution in [0.4, 0.5) is 5.69 Å². The maximum atomic E-state index is 5.90. The van der Waals surface area contributed by atoms with Crippen molar-refractivity contribution in [3.63, 3.8) is 0 Å². The Labute approximate surface area is 142 Å². The molecule has 6 N–H and O–H groups in total. The third-order valence-electron chi connectivity index (χ3n) is 3.23. The van der Waals surface area contributed by atoms with Gasteiger partial charge in [0.1, 0.15) is 11.0 Å². The Hall–Kier alpha value is -3.13. The first-order valence-corrected chi connectivity index (χ1v) is 7.37. The number of guanidine groups is 2. The van der Waals surface area contributed by atoms with E-state index in [1.807, 2.05) is 25.1 Å². The summed E-state index contributed by atoms with van der Waals surface area (Å²) in [4.78, 5) is 9.43. The molecule has 1 heterocycles. The standard InChI is InChI=1S/C15H15ClN8/c1-8-6-12-13(7-11(8)20-15(19)21-14(17)18)23-24(22-12)10-4-2-9(16)3-5-10/h2-7H,1H3,(H6,17,18,19,20,21). The lowest BCUT2D eigenvalue weighted by Crippen LogP contribution is -2.26. The summed E-state index contributed by atoms with van der Waals surface area (Å²) in [6.45, 7) is 1.89. The van der Waals surface area contributed by atoms with Crippen LogP contribution in [0.15, 0.2) is 46.4 Å². The Morgan fingerprint density at radius 3 is 2.29 bits per heavy atom. The zero-order valence-electron chi connectivity index (χ0n) is 12.8. The van der Waals surface area contributed by atoms with Gasteiger partial charge in [0.2, 0.25) is 5.96 Å². The van der Waals surface area contributed by atoms with E-state index >= 15 is 0 Å². The van der Waals surface area contributed by atoms with Crippen molar-refractivity contribution >= 4 is 40.2 Å². The smallest absolute Gasteiger partial charge is 0.223 e. The van der Waals surface area contributed by atoms with E-state index in [0.29, 0.717) is 16.2 Å². The SMILES string of the molecule is Cc1cc2nn(-c3ccc(Cl)cc3)nc2cc1N=C(N)N=C(N)N. The fourth-order valence-corrected chi connectivity index (χ4v) is 2.27. The number of fused-ring (bicyclic) bond motifs is 1. The number of aryl methyl sites for hydroxylation is 1. The van der Waals surface area contributed by atoms with Gasteiger partial charge in [-0.15, -0.1) is 10.2 Å². The van der Waals surface area contributed by atoms with Crippen molar-refractivity contribution < 1.29 is 0 Å². The highest BCUT2D eigenvalue weighted by Gasteiger charge is 2.08. The highest BCUT2D eigenvalue weighted by molar-refractivity contribution is 6.30. The Bertz CT molecular complexity index is 952. The van der Waals surface area contributed by atoms with Crippen molar-refractivity contribution in [1.29, 1.82) is 0 Å². The molecule has 3 rings (SSSR count). The molecule has 3 aromatic rings. The second-order valence-corrected chi connectivity index (χ2v) is 5.54. The summed E-state index contributed by atoms with van der Waals surface area (Å²) < 4.78 is 0.